The lowest BCUT2D eigenvalue weighted by molar-refractivity contribution is 0.385. The van der Waals surface area contributed by atoms with Crippen molar-refractivity contribution in [2.24, 2.45) is 5.73 Å². The lowest BCUT2D eigenvalue weighted by Crippen LogP contribution is -2.19. The van der Waals surface area contributed by atoms with E-state index in [2.05, 4.69) is 0 Å². The van der Waals surface area contributed by atoms with Crippen molar-refractivity contribution < 1.29 is 9.13 Å². The molecule has 0 heterocycles. The van der Waals surface area contributed by atoms with Gasteiger partial charge >= 0.3 is 0 Å². The molecule has 76 valence electrons. The number of rotatable bonds is 3. The quantitative estimate of drug-likeness (QED) is 0.798. The van der Waals surface area contributed by atoms with E-state index in [-0.39, 0.29) is 11.2 Å². The number of hydrogen-bond donors (Lipinski definition) is 1. The van der Waals surface area contributed by atoms with Crippen LogP contribution in [0.3, 0.4) is 0 Å². The molecule has 0 aliphatic heterocycles. The molecule has 0 amide bonds. The summed E-state index contributed by atoms with van der Waals surface area (Å²) in [6.45, 7) is 0.596. The Labute approximate surface area is 82.9 Å². The van der Waals surface area contributed by atoms with Crippen molar-refractivity contribution in [3.63, 3.8) is 0 Å². The summed E-state index contributed by atoms with van der Waals surface area (Å²) in [6.07, 6.45) is 2.13. The fourth-order valence-electron chi connectivity index (χ4n) is 1.76. The van der Waals surface area contributed by atoms with Crippen molar-refractivity contribution in [3.05, 3.63) is 29.6 Å². The van der Waals surface area contributed by atoms with E-state index in [1.54, 1.807) is 12.1 Å². The summed E-state index contributed by atoms with van der Waals surface area (Å²) in [5, 5.41) is 0. The van der Waals surface area contributed by atoms with Crippen LogP contribution in [-0.2, 0) is 5.41 Å². The Bertz CT molecular complexity index is 347. The van der Waals surface area contributed by atoms with E-state index in [0.717, 1.165) is 18.4 Å². The third-order valence-electron chi connectivity index (χ3n) is 3.01. The van der Waals surface area contributed by atoms with Crippen molar-refractivity contribution in [3.8, 4) is 5.75 Å². The van der Waals surface area contributed by atoms with Gasteiger partial charge in [0.25, 0.3) is 0 Å². The van der Waals surface area contributed by atoms with Gasteiger partial charge in [0.2, 0.25) is 0 Å². The van der Waals surface area contributed by atoms with Crippen molar-refractivity contribution >= 4 is 0 Å². The average molecular weight is 195 g/mol. The lowest BCUT2D eigenvalue weighted by Gasteiger charge is -2.13. The highest BCUT2D eigenvalue weighted by Gasteiger charge is 2.43. The summed E-state index contributed by atoms with van der Waals surface area (Å²) in [5.41, 5.74) is 6.71. The molecular weight excluding hydrogens is 181 g/mol. The molecule has 0 bridgehead atoms. The first-order valence-electron chi connectivity index (χ1n) is 4.76. The van der Waals surface area contributed by atoms with Crippen LogP contribution in [0.25, 0.3) is 0 Å². The Morgan fingerprint density at radius 1 is 1.50 bits per heavy atom. The first-order valence-corrected chi connectivity index (χ1v) is 4.76. The SMILES string of the molecule is COc1ccc(C2(CN)CC2)cc1F. The summed E-state index contributed by atoms with van der Waals surface area (Å²) in [6, 6.07) is 5.11. The van der Waals surface area contributed by atoms with Crippen LogP contribution in [0.15, 0.2) is 18.2 Å². The van der Waals surface area contributed by atoms with Crippen LogP contribution < -0.4 is 10.5 Å². The van der Waals surface area contributed by atoms with Gasteiger partial charge in [-0.2, -0.15) is 0 Å². The topological polar surface area (TPSA) is 35.2 Å². The number of methoxy groups -OCH3 is 1. The van der Waals surface area contributed by atoms with Gasteiger partial charge in [-0.05, 0) is 30.5 Å². The van der Waals surface area contributed by atoms with Crippen molar-refractivity contribution in [1.29, 1.82) is 0 Å². The zero-order chi connectivity index (χ0) is 10.2. The van der Waals surface area contributed by atoms with Crippen LogP contribution in [0.5, 0.6) is 5.75 Å². The van der Waals surface area contributed by atoms with Gasteiger partial charge in [0.1, 0.15) is 0 Å². The number of benzene rings is 1. The largest absolute Gasteiger partial charge is 0.494 e. The van der Waals surface area contributed by atoms with Gasteiger partial charge in [0.15, 0.2) is 11.6 Å². The Morgan fingerprint density at radius 2 is 2.21 bits per heavy atom. The molecule has 0 aromatic heterocycles. The van der Waals surface area contributed by atoms with E-state index in [1.807, 2.05) is 6.07 Å². The minimum atomic E-state index is -0.301. The Hall–Kier alpha value is -1.09. The van der Waals surface area contributed by atoms with Crippen LogP contribution in [-0.4, -0.2) is 13.7 Å². The normalized spacial score (nSPS) is 17.9. The maximum atomic E-state index is 13.4. The van der Waals surface area contributed by atoms with Gasteiger partial charge < -0.3 is 10.5 Å². The fourth-order valence-corrected chi connectivity index (χ4v) is 1.76. The van der Waals surface area contributed by atoms with E-state index >= 15 is 0 Å². The Kier molecular flexibility index (Phi) is 2.19. The standard InChI is InChI=1S/C11H14FNO/c1-14-10-3-2-8(6-9(10)12)11(7-13)4-5-11/h2-3,6H,4-5,7,13H2,1H3. The van der Waals surface area contributed by atoms with E-state index in [4.69, 9.17) is 10.5 Å². The minimum Gasteiger partial charge on any atom is -0.494 e. The summed E-state index contributed by atoms with van der Waals surface area (Å²) in [4.78, 5) is 0. The highest BCUT2D eigenvalue weighted by Crippen LogP contribution is 2.47. The molecule has 1 aliphatic carbocycles. The van der Waals surface area contributed by atoms with Gasteiger partial charge in [-0.15, -0.1) is 0 Å². The Morgan fingerprint density at radius 3 is 2.64 bits per heavy atom. The molecule has 0 unspecified atom stereocenters. The second kappa shape index (κ2) is 3.24. The van der Waals surface area contributed by atoms with Gasteiger partial charge in [0.05, 0.1) is 7.11 Å². The zero-order valence-electron chi connectivity index (χ0n) is 8.22. The van der Waals surface area contributed by atoms with Crippen LogP contribution >= 0.6 is 0 Å². The number of halogens is 1. The highest BCUT2D eigenvalue weighted by molar-refractivity contribution is 5.37. The molecule has 1 fully saturated rings. The molecule has 1 saturated carbocycles. The average Bonchev–Trinajstić information content (AvgIpc) is 2.98. The molecule has 0 saturated heterocycles. The van der Waals surface area contributed by atoms with Crippen molar-refractivity contribution in [2.45, 2.75) is 18.3 Å². The number of ether oxygens (including phenoxy) is 1. The summed E-state index contributed by atoms with van der Waals surface area (Å²) < 4.78 is 18.2. The van der Waals surface area contributed by atoms with Crippen LogP contribution in [0.1, 0.15) is 18.4 Å². The first-order chi connectivity index (χ1) is 6.72. The molecule has 2 rings (SSSR count). The zero-order valence-corrected chi connectivity index (χ0v) is 8.22. The third-order valence-corrected chi connectivity index (χ3v) is 3.01. The molecule has 2 nitrogen and oxygen atoms in total. The summed E-state index contributed by atoms with van der Waals surface area (Å²) in [7, 11) is 1.47. The van der Waals surface area contributed by atoms with Crippen molar-refractivity contribution in [1.82, 2.24) is 0 Å². The van der Waals surface area contributed by atoms with E-state index in [1.165, 1.54) is 7.11 Å². The first kappa shape index (κ1) is 9.46. The molecule has 1 aromatic carbocycles. The predicted molar refractivity (Wildman–Crippen MR) is 52.9 cm³/mol. The Balaban J connectivity index is 2.33. The molecule has 14 heavy (non-hydrogen) atoms. The fraction of sp³-hybridized carbons (Fsp3) is 0.455. The van der Waals surface area contributed by atoms with Gasteiger partial charge in [-0.1, -0.05) is 6.07 Å². The van der Waals surface area contributed by atoms with Gasteiger partial charge in [-0.25, -0.2) is 4.39 Å². The molecule has 1 aliphatic rings. The second-order valence-corrected chi connectivity index (χ2v) is 3.83. The summed E-state index contributed by atoms with van der Waals surface area (Å²) in [5.74, 6) is -0.00806. The van der Waals surface area contributed by atoms with Crippen LogP contribution in [0, 0.1) is 5.82 Å². The molecule has 0 spiro atoms. The van der Waals surface area contributed by atoms with E-state index in [0.29, 0.717) is 12.3 Å². The monoisotopic (exact) mass is 195 g/mol. The molecule has 1 aromatic rings. The molecule has 0 radical (unpaired) electrons. The lowest BCUT2D eigenvalue weighted by atomic mass is 9.96. The molecule has 2 N–H and O–H groups in total. The molecular formula is C11H14FNO. The van der Waals surface area contributed by atoms with E-state index in [9.17, 15) is 4.39 Å². The predicted octanol–water partition coefficient (Wildman–Crippen LogP) is 1.82. The van der Waals surface area contributed by atoms with Crippen molar-refractivity contribution in [2.75, 3.05) is 13.7 Å². The van der Waals surface area contributed by atoms with Gasteiger partial charge in [-0.3, -0.25) is 0 Å². The van der Waals surface area contributed by atoms with Crippen LogP contribution in [0.4, 0.5) is 4.39 Å². The maximum Gasteiger partial charge on any atom is 0.165 e. The molecule has 0 atom stereocenters. The smallest absolute Gasteiger partial charge is 0.165 e. The minimum absolute atomic E-state index is 0.0487. The molecule has 3 heteroatoms. The number of hydrogen-bond acceptors (Lipinski definition) is 2. The van der Waals surface area contributed by atoms with Crippen LogP contribution in [0.2, 0.25) is 0 Å². The van der Waals surface area contributed by atoms with Gasteiger partial charge in [0, 0.05) is 12.0 Å². The highest BCUT2D eigenvalue weighted by atomic mass is 19.1. The maximum absolute atomic E-state index is 13.4. The summed E-state index contributed by atoms with van der Waals surface area (Å²) >= 11 is 0. The second-order valence-electron chi connectivity index (χ2n) is 3.83. The third kappa shape index (κ3) is 1.38. The van der Waals surface area contributed by atoms with E-state index < -0.39 is 0 Å². The number of nitrogens with two attached hydrogens (primary N) is 1.